The zero-order valence-corrected chi connectivity index (χ0v) is 17.5. The number of carbonyl (C=O) groups excluding carboxylic acids is 2. The molecular formula is C21H13ClN2O6S. The second kappa shape index (κ2) is 8.29. The van der Waals surface area contributed by atoms with Gasteiger partial charge in [-0.15, -0.1) is 0 Å². The summed E-state index contributed by atoms with van der Waals surface area (Å²) in [6.45, 7) is 0. The van der Waals surface area contributed by atoms with E-state index < -0.39 is 16.1 Å². The number of methoxy groups -OCH3 is 1. The molecule has 0 bridgehead atoms. The molecule has 1 fully saturated rings. The van der Waals surface area contributed by atoms with E-state index in [4.69, 9.17) is 20.8 Å². The van der Waals surface area contributed by atoms with Crippen molar-refractivity contribution in [3.63, 3.8) is 0 Å². The summed E-state index contributed by atoms with van der Waals surface area (Å²) in [4.78, 5) is 36.9. The Morgan fingerprint density at radius 3 is 2.65 bits per heavy atom. The quantitative estimate of drug-likeness (QED) is 0.273. The normalized spacial score (nSPS) is 15.0. The third kappa shape index (κ3) is 3.92. The number of hydrogen-bond acceptors (Lipinski definition) is 7. The zero-order chi connectivity index (χ0) is 22.1. The largest absolute Gasteiger partial charge is 0.495 e. The highest BCUT2D eigenvalue weighted by molar-refractivity contribution is 8.19. The number of halogens is 1. The van der Waals surface area contributed by atoms with E-state index in [1.165, 1.54) is 31.4 Å². The van der Waals surface area contributed by atoms with Crippen molar-refractivity contribution in [3.8, 4) is 17.1 Å². The summed E-state index contributed by atoms with van der Waals surface area (Å²) in [6, 6.07) is 14.0. The number of non-ortho nitro benzene ring substituents is 1. The Hall–Kier alpha value is -3.56. The zero-order valence-electron chi connectivity index (χ0n) is 15.9. The van der Waals surface area contributed by atoms with Crippen molar-refractivity contribution in [2.24, 2.45) is 0 Å². The summed E-state index contributed by atoms with van der Waals surface area (Å²) in [5, 5.41) is 10.6. The first-order chi connectivity index (χ1) is 14.9. The number of nitro groups is 1. The molecule has 1 saturated heterocycles. The predicted molar refractivity (Wildman–Crippen MR) is 117 cm³/mol. The van der Waals surface area contributed by atoms with Crippen molar-refractivity contribution in [2.75, 3.05) is 12.0 Å². The number of carbonyl (C=O) groups is 2. The van der Waals surface area contributed by atoms with E-state index in [1.807, 2.05) is 0 Å². The molecule has 2 aromatic carbocycles. The Kier molecular flexibility index (Phi) is 5.53. The number of ether oxygens (including phenoxy) is 1. The minimum atomic E-state index is -0.541. The molecule has 1 aliphatic heterocycles. The molecule has 2 heterocycles. The van der Waals surface area contributed by atoms with Crippen molar-refractivity contribution < 1.29 is 23.7 Å². The monoisotopic (exact) mass is 456 g/mol. The van der Waals surface area contributed by atoms with Crippen LogP contribution in [0.5, 0.6) is 5.75 Å². The van der Waals surface area contributed by atoms with Gasteiger partial charge in [0.15, 0.2) is 0 Å². The predicted octanol–water partition coefficient (Wildman–Crippen LogP) is 5.76. The van der Waals surface area contributed by atoms with Crippen molar-refractivity contribution in [2.45, 2.75) is 0 Å². The molecule has 8 nitrogen and oxygen atoms in total. The van der Waals surface area contributed by atoms with Gasteiger partial charge in [-0.05, 0) is 42.1 Å². The van der Waals surface area contributed by atoms with Gasteiger partial charge in [-0.1, -0.05) is 23.7 Å². The number of rotatable bonds is 5. The first-order valence-corrected chi connectivity index (χ1v) is 10.0. The molecule has 2 amide bonds. The highest BCUT2D eigenvalue weighted by atomic mass is 35.5. The van der Waals surface area contributed by atoms with E-state index in [0.717, 1.165) is 16.7 Å². The lowest BCUT2D eigenvalue weighted by Crippen LogP contribution is -2.28. The summed E-state index contributed by atoms with van der Waals surface area (Å²) >= 11 is 6.93. The summed E-state index contributed by atoms with van der Waals surface area (Å²) < 4.78 is 11.0. The first-order valence-electron chi connectivity index (χ1n) is 8.84. The molecule has 0 aliphatic carbocycles. The average Bonchev–Trinajstić information content (AvgIpc) is 3.32. The fourth-order valence-electron chi connectivity index (χ4n) is 3.01. The number of imide groups is 1. The van der Waals surface area contributed by atoms with Crippen LogP contribution >= 0.6 is 23.4 Å². The van der Waals surface area contributed by atoms with Crippen LogP contribution in [-0.2, 0) is 4.79 Å². The smallest absolute Gasteiger partial charge is 0.298 e. The van der Waals surface area contributed by atoms with Crippen LogP contribution in [0.1, 0.15) is 5.76 Å². The Morgan fingerprint density at radius 2 is 1.94 bits per heavy atom. The highest BCUT2D eigenvalue weighted by Crippen LogP contribution is 2.40. The molecular weight excluding hydrogens is 444 g/mol. The van der Waals surface area contributed by atoms with Gasteiger partial charge < -0.3 is 9.15 Å². The molecule has 0 radical (unpaired) electrons. The van der Waals surface area contributed by atoms with Crippen LogP contribution in [0.3, 0.4) is 0 Å². The molecule has 3 aromatic rings. The van der Waals surface area contributed by atoms with Crippen LogP contribution in [0.15, 0.2) is 63.9 Å². The Labute approximate surface area is 185 Å². The van der Waals surface area contributed by atoms with E-state index in [0.29, 0.717) is 28.5 Å². The van der Waals surface area contributed by atoms with Gasteiger partial charge in [0.25, 0.3) is 16.8 Å². The van der Waals surface area contributed by atoms with Crippen molar-refractivity contribution in [1.29, 1.82) is 0 Å². The van der Waals surface area contributed by atoms with E-state index in [2.05, 4.69) is 0 Å². The second-order valence-electron chi connectivity index (χ2n) is 6.31. The minimum absolute atomic E-state index is 0.134. The number of thioether (sulfide) groups is 1. The molecule has 0 N–H and O–H groups in total. The van der Waals surface area contributed by atoms with Gasteiger partial charge in [0.05, 0.1) is 27.6 Å². The highest BCUT2D eigenvalue weighted by Gasteiger charge is 2.38. The van der Waals surface area contributed by atoms with Gasteiger partial charge in [-0.25, -0.2) is 4.90 Å². The minimum Gasteiger partial charge on any atom is -0.495 e. The molecule has 1 aliphatic rings. The first kappa shape index (κ1) is 20.7. The standard InChI is InChI=1S/C21H13ClN2O6S/c1-29-18-5-3-2-4-16(18)23-20(25)19(31-21(23)26)11-13-7-9-17(30-13)14-8-6-12(24(27)28)10-15(14)22/h2-11H,1H3/b19-11+. The van der Waals surface area contributed by atoms with Gasteiger partial charge in [0, 0.05) is 23.8 Å². The van der Waals surface area contributed by atoms with Crippen LogP contribution in [0.4, 0.5) is 16.2 Å². The Morgan fingerprint density at radius 1 is 1.16 bits per heavy atom. The molecule has 1 aromatic heterocycles. The second-order valence-corrected chi connectivity index (χ2v) is 7.71. The summed E-state index contributed by atoms with van der Waals surface area (Å²) in [6.07, 6.45) is 1.46. The van der Waals surface area contributed by atoms with Gasteiger partial charge in [0.2, 0.25) is 0 Å². The topological polar surface area (TPSA) is 103 Å². The van der Waals surface area contributed by atoms with Crippen molar-refractivity contribution in [1.82, 2.24) is 0 Å². The van der Waals surface area contributed by atoms with E-state index in [9.17, 15) is 19.7 Å². The van der Waals surface area contributed by atoms with Crippen LogP contribution in [-0.4, -0.2) is 23.2 Å². The molecule has 31 heavy (non-hydrogen) atoms. The number of para-hydroxylation sites is 2. The molecule has 0 spiro atoms. The molecule has 0 atom stereocenters. The Balaban J connectivity index is 1.62. The lowest BCUT2D eigenvalue weighted by Gasteiger charge is -2.15. The third-order valence-electron chi connectivity index (χ3n) is 4.45. The van der Waals surface area contributed by atoms with E-state index in [1.54, 1.807) is 36.4 Å². The molecule has 0 unspecified atom stereocenters. The van der Waals surface area contributed by atoms with Crippen LogP contribution in [0.2, 0.25) is 5.02 Å². The maximum Gasteiger partial charge on any atom is 0.298 e. The van der Waals surface area contributed by atoms with Crippen LogP contribution in [0, 0.1) is 10.1 Å². The van der Waals surface area contributed by atoms with Gasteiger partial charge >= 0.3 is 0 Å². The van der Waals surface area contributed by atoms with Crippen LogP contribution in [0.25, 0.3) is 17.4 Å². The summed E-state index contributed by atoms with van der Waals surface area (Å²) in [7, 11) is 1.46. The summed E-state index contributed by atoms with van der Waals surface area (Å²) in [5.74, 6) is 0.606. The molecule has 10 heteroatoms. The SMILES string of the molecule is COc1ccccc1N1C(=O)S/C(=C/c2ccc(-c3ccc([N+](=O)[O-])cc3Cl)o2)C1=O. The number of anilines is 1. The number of hydrogen-bond donors (Lipinski definition) is 0. The number of nitrogens with zero attached hydrogens (tertiary/aromatic N) is 2. The fraction of sp³-hybridized carbons (Fsp3) is 0.0476. The number of amides is 2. The number of nitro benzene ring substituents is 1. The van der Waals surface area contributed by atoms with Crippen molar-refractivity contribution >= 4 is 52.0 Å². The average molecular weight is 457 g/mol. The summed E-state index contributed by atoms with van der Waals surface area (Å²) in [5.41, 5.74) is 0.688. The molecule has 0 saturated carbocycles. The lowest BCUT2D eigenvalue weighted by molar-refractivity contribution is -0.384. The van der Waals surface area contributed by atoms with E-state index in [-0.39, 0.29) is 15.6 Å². The molecule has 156 valence electrons. The fourth-order valence-corrected chi connectivity index (χ4v) is 4.09. The third-order valence-corrected chi connectivity index (χ3v) is 5.63. The van der Waals surface area contributed by atoms with E-state index >= 15 is 0 Å². The van der Waals surface area contributed by atoms with Crippen LogP contribution < -0.4 is 9.64 Å². The lowest BCUT2D eigenvalue weighted by atomic mass is 10.1. The number of furan rings is 1. The van der Waals surface area contributed by atoms with Gasteiger partial charge in [-0.2, -0.15) is 0 Å². The van der Waals surface area contributed by atoms with Gasteiger partial charge in [-0.3, -0.25) is 19.7 Å². The molecule has 4 rings (SSSR count). The maximum atomic E-state index is 12.9. The Bertz CT molecular complexity index is 1250. The maximum absolute atomic E-state index is 12.9. The van der Waals surface area contributed by atoms with Gasteiger partial charge in [0.1, 0.15) is 17.3 Å². The van der Waals surface area contributed by atoms with Crippen molar-refractivity contribution in [3.05, 3.63) is 80.4 Å². The number of benzene rings is 2.